The molecule has 0 unspecified atom stereocenters. The Labute approximate surface area is 175 Å². The Morgan fingerprint density at radius 1 is 1.33 bits per heavy atom. The molecule has 2 N–H and O–H groups in total. The average Bonchev–Trinajstić information content (AvgIpc) is 3.15. The summed E-state index contributed by atoms with van der Waals surface area (Å²) in [6.45, 7) is 3.69. The van der Waals surface area contributed by atoms with Crippen molar-refractivity contribution < 1.29 is 9.84 Å². The van der Waals surface area contributed by atoms with Gasteiger partial charge in [-0.25, -0.2) is 0 Å². The van der Waals surface area contributed by atoms with E-state index >= 15 is 0 Å². The minimum absolute atomic E-state index is 0.0234. The van der Waals surface area contributed by atoms with Gasteiger partial charge in [0.05, 0.1) is 23.8 Å². The number of fused-ring (bicyclic) bond motifs is 1. The van der Waals surface area contributed by atoms with Gasteiger partial charge in [-0.15, -0.1) is 10.2 Å². The number of likely N-dealkylation sites (tertiary alicyclic amines) is 1. The lowest BCUT2D eigenvalue weighted by Crippen LogP contribution is -2.43. The molecule has 0 aliphatic carbocycles. The summed E-state index contributed by atoms with van der Waals surface area (Å²) in [4.78, 5) is 2.41. The quantitative estimate of drug-likeness (QED) is 0.649. The lowest BCUT2D eigenvalue weighted by Gasteiger charge is -2.33. The van der Waals surface area contributed by atoms with Crippen molar-refractivity contribution in [3.8, 4) is 23.1 Å². The van der Waals surface area contributed by atoms with Gasteiger partial charge >= 0.3 is 0 Å². The molecule has 1 saturated heterocycles. The topological polar surface area (TPSA) is 99.2 Å². The standard InChI is InChI=1S/C22H26N6O2/c1-27-9-7-18-20(17-6-5-15(13-23)12-19(17)29)25-26-22(21(18)27)24-16-4-3-8-28(14-16)10-11-30-2/h5-7,9,12,16,29H,3-4,8,10-11,14H2,1-2H3,(H,24,26)/t16-/m1/s1. The number of aromatic nitrogens is 3. The molecule has 156 valence electrons. The molecule has 3 aromatic rings. The summed E-state index contributed by atoms with van der Waals surface area (Å²) in [6, 6.07) is 9.15. The maximum Gasteiger partial charge on any atom is 0.173 e. The van der Waals surface area contributed by atoms with Crippen LogP contribution in [0.4, 0.5) is 5.82 Å². The Balaban J connectivity index is 1.65. The van der Waals surface area contributed by atoms with E-state index < -0.39 is 0 Å². The fraction of sp³-hybridized carbons (Fsp3) is 0.409. The summed E-state index contributed by atoms with van der Waals surface area (Å²) in [5, 5.41) is 32.9. The van der Waals surface area contributed by atoms with Crippen molar-refractivity contribution in [2.75, 3.05) is 38.7 Å². The lowest BCUT2D eigenvalue weighted by molar-refractivity contribution is 0.131. The molecule has 30 heavy (non-hydrogen) atoms. The second kappa shape index (κ2) is 8.69. The van der Waals surface area contributed by atoms with E-state index in [9.17, 15) is 5.11 Å². The van der Waals surface area contributed by atoms with Crippen LogP contribution < -0.4 is 5.32 Å². The molecule has 4 rings (SSSR count). The van der Waals surface area contributed by atoms with Crippen LogP contribution in [0.15, 0.2) is 30.5 Å². The van der Waals surface area contributed by atoms with Crippen molar-refractivity contribution in [1.29, 1.82) is 5.26 Å². The Morgan fingerprint density at radius 2 is 2.20 bits per heavy atom. The van der Waals surface area contributed by atoms with Crippen LogP contribution in [0, 0.1) is 11.3 Å². The van der Waals surface area contributed by atoms with Gasteiger partial charge in [0.25, 0.3) is 0 Å². The number of nitriles is 1. The van der Waals surface area contributed by atoms with E-state index in [1.807, 2.05) is 29.9 Å². The van der Waals surface area contributed by atoms with Gasteiger partial charge in [0.1, 0.15) is 11.4 Å². The van der Waals surface area contributed by atoms with E-state index in [1.54, 1.807) is 19.2 Å². The predicted molar refractivity (Wildman–Crippen MR) is 115 cm³/mol. The van der Waals surface area contributed by atoms with Crippen LogP contribution in [-0.4, -0.2) is 64.2 Å². The number of methoxy groups -OCH3 is 1. The van der Waals surface area contributed by atoms with Gasteiger partial charge in [-0.3, -0.25) is 4.90 Å². The molecule has 1 aromatic carbocycles. The first kappa shape index (κ1) is 20.1. The first-order valence-electron chi connectivity index (χ1n) is 10.1. The zero-order valence-electron chi connectivity index (χ0n) is 17.3. The molecule has 1 fully saturated rings. The van der Waals surface area contributed by atoms with Crippen LogP contribution in [0.5, 0.6) is 5.75 Å². The first-order chi connectivity index (χ1) is 14.6. The molecule has 0 amide bonds. The number of aromatic hydroxyl groups is 1. The molecule has 0 spiro atoms. The van der Waals surface area contributed by atoms with Gasteiger partial charge in [0.2, 0.25) is 0 Å². The summed E-state index contributed by atoms with van der Waals surface area (Å²) < 4.78 is 7.23. The molecule has 1 atom stereocenters. The summed E-state index contributed by atoms with van der Waals surface area (Å²) in [5.41, 5.74) is 2.51. The van der Waals surface area contributed by atoms with Crippen LogP contribution in [0.25, 0.3) is 22.2 Å². The number of hydrogen-bond acceptors (Lipinski definition) is 7. The molecule has 3 heterocycles. The van der Waals surface area contributed by atoms with Crippen LogP contribution in [0.3, 0.4) is 0 Å². The molecule has 2 aromatic heterocycles. The highest BCUT2D eigenvalue weighted by Gasteiger charge is 2.22. The lowest BCUT2D eigenvalue weighted by atomic mass is 10.0. The maximum absolute atomic E-state index is 10.4. The van der Waals surface area contributed by atoms with Gasteiger partial charge in [-0.1, -0.05) is 0 Å². The third-order valence-corrected chi connectivity index (χ3v) is 5.64. The molecule has 8 nitrogen and oxygen atoms in total. The summed E-state index contributed by atoms with van der Waals surface area (Å²) in [6.07, 6.45) is 4.17. The highest BCUT2D eigenvalue weighted by atomic mass is 16.5. The van der Waals surface area contributed by atoms with E-state index in [2.05, 4.69) is 20.4 Å². The monoisotopic (exact) mass is 406 g/mol. The van der Waals surface area contributed by atoms with Crippen LogP contribution >= 0.6 is 0 Å². The van der Waals surface area contributed by atoms with Crippen molar-refractivity contribution in [1.82, 2.24) is 19.7 Å². The molecule has 1 aliphatic rings. The minimum Gasteiger partial charge on any atom is -0.507 e. The molecule has 8 heteroatoms. The van der Waals surface area contributed by atoms with E-state index in [0.29, 0.717) is 16.8 Å². The second-order valence-electron chi connectivity index (χ2n) is 7.71. The fourth-order valence-corrected chi connectivity index (χ4v) is 4.10. The molecule has 0 saturated carbocycles. The highest BCUT2D eigenvalue weighted by molar-refractivity contribution is 5.99. The number of nitrogens with zero attached hydrogens (tertiary/aromatic N) is 5. The molecule has 1 aliphatic heterocycles. The van der Waals surface area contributed by atoms with Crippen molar-refractivity contribution in [3.63, 3.8) is 0 Å². The number of piperidine rings is 1. The normalized spacial score (nSPS) is 17.2. The van der Waals surface area contributed by atoms with Crippen molar-refractivity contribution >= 4 is 16.7 Å². The molecule has 0 radical (unpaired) electrons. The number of anilines is 1. The molecule has 0 bridgehead atoms. The van der Waals surface area contributed by atoms with Crippen molar-refractivity contribution in [2.45, 2.75) is 18.9 Å². The van der Waals surface area contributed by atoms with E-state index in [4.69, 9.17) is 10.00 Å². The minimum atomic E-state index is 0.0234. The first-order valence-corrected chi connectivity index (χ1v) is 10.1. The number of phenols is 1. The number of aryl methyl sites for hydroxylation is 1. The summed E-state index contributed by atoms with van der Waals surface area (Å²) in [7, 11) is 3.71. The number of rotatable bonds is 6. The van der Waals surface area contributed by atoms with Gasteiger partial charge in [-0.05, 0) is 43.7 Å². The van der Waals surface area contributed by atoms with E-state index in [1.165, 1.54) is 6.07 Å². The van der Waals surface area contributed by atoms with Crippen LogP contribution in [-0.2, 0) is 11.8 Å². The molecular formula is C22H26N6O2. The van der Waals surface area contributed by atoms with Crippen molar-refractivity contribution in [2.24, 2.45) is 7.05 Å². The third-order valence-electron chi connectivity index (χ3n) is 5.64. The zero-order valence-corrected chi connectivity index (χ0v) is 17.3. The average molecular weight is 406 g/mol. The van der Waals surface area contributed by atoms with Crippen molar-refractivity contribution in [3.05, 3.63) is 36.0 Å². The second-order valence-corrected chi connectivity index (χ2v) is 7.71. The fourth-order valence-electron chi connectivity index (χ4n) is 4.10. The van der Waals surface area contributed by atoms with E-state index in [-0.39, 0.29) is 11.8 Å². The predicted octanol–water partition coefficient (Wildman–Crippen LogP) is 2.74. The molecular weight excluding hydrogens is 380 g/mol. The van der Waals surface area contributed by atoms with E-state index in [0.717, 1.165) is 55.8 Å². The smallest absolute Gasteiger partial charge is 0.173 e. The SMILES string of the molecule is COCCN1CCC[C@@H](Nc2nnc(-c3ccc(C#N)cc3O)c3ccn(C)c23)C1. The maximum atomic E-state index is 10.4. The largest absolute Gasteiger partial charge is 0.507 e. The summed E-state index contributed by atoms with van der Waals surface area (Å²) >= 11 is 0. The zero-order chi connectivity index (χ0) is 21.1. The Kier molecular flexibility index (Phi) is 5.84. The van der Waals surface area contributed by atoms with Crippen LogP contribution in [0.2, 0.25) is 0 Å². The Morgan fingerprint density at radius 3 is 2.97 bits per heavy atom. The number of nitrogens with one attached hydrogen (secondary N) is 1. The third kappa shape index (κ3) is 3.95. The summed E-state index contributed by atoms with van der Waals surface area (Å²) in [5.74, 6) is 0.767. The number of benzene rings is 1. The highest BCUT2D eigenvalue weighted by Crippen LogP contribution is 2.35. The Bertz CT molecular complexity index is 1090. The van der Waals surface area contributed by atoms with Crippen LogP contribution in [0.1, 0.15) is 18.4 Å². The van der Waals surface area contributed by atoms with Gasteiger partial charge in [-0.2, -0.15) is 5.26 Å². The Hall–Kier alpha value is -3.15. The number of hydrogen-bond donors (Lipinski definition) is 2. The number of ether oxygens (including phenoxy) is 1. The van der Waals surface area contributed by atoms with Gasteiger partial charge < -0.3 is 19.7 Å². The number of phenolic OH excluding ortho intramolecular Hbond substituents is 1. The van der Waals surface area contributed by atoms with Gasteiger partial charge in [0, 0.05) is 50.4 Å². The van der Waals surface area contributed by atoms with Gasteiger partial charge in [0.15, 0.2) is 5.82 Å².